The molecule has 0 saturated heterocycles. The van der Waals surface area contributed by atoms with Crippen LogP contribution in [0.3, 0.4) is 0 Å². The molecule has 0 aliphatic carbocycles. The molecule has 0 aromatic heterocycles. The van der Waals surface area contributed by atoms with Crippen molar-refractivity contribution in [2.45, 2.75) is 77.1 Å². The Morgan fingerprint density at radius 2 is 1.12 bits per heavy atom. The summed E-state index contributed by atoms with van der Waals surface area (Å²) >= 11 is 1.24. The zero-order valence-electron chi connectivity index (χ0n) is 21.5. The highest BCUT2D eigenvalue weighted by atomic mass is 32.2. The Kier molecular flexibility index (Phi) is 8.43. The quantitative estimate of drug-likeness (QED) is 0.357. The summed E-state index contributed by atoms with van der Waals surface area (Å²) in [6, 6.07) is 23.8. The van der Waals surface area contributed by atoms with Crippen molar-refractivity contribution in [3.8, 4) is 0 Å². The van der Waals surface area contributed by atoms with Crippen LogP contribution < -0.4 is 0 Å². The molecule has 1 atom stereocenters. The predicted octanol–water partition coefficient (Wildman–Crippen LogP) is 8.25. The molecule has 3 aromatic carbocycles. The molecule has 1 unspecified atom stereocenters. The largest absolute Gasteiger partial charge is 0.379 e. The van der Waals surface area contributed by atoms with Crippen LogP contribution in [0, 0.1) is 0 Å². The van der Waals surface area contributed by atoms with Crippen LogP contribution in [-0.2, 0) is 5.60 Å². The number of benzene rings is 3. The van der Waals surface area contributed by atoms with Crippen LogP contribution in [-0.4, -0.2) is 15.5 Å². The Morgan fingerprint density at radius 3 is 1.47 bits per heavy atom. The number of aliphatic hydroxyl groups is 1. The van der Waals surface area contributed by atoms with Crippen molar-refractivity contribution in [1.82, 2.24) is 0 Å². The molecule has 2 nitrogen and oxygen atoms in total. The fourth-order valence-electron chi connectivity index (χ4n) is 4.52. The van der Waals surface area contributed by atoms with Crippen LogP contribution >= 0.6 is 11.8 Å². The van der Waals surface area contributed by atoms with E-state index in [0.717, 1.165) is 27.8 Å². The smallest absolute Gasteiger partial charge is 0.220 e. The molecule has 3 heteroatoms. The summed E-state index contributed by atoms with van der Waals surface area (Å²) in [5.74, 6) is 0.855. The molecule has 34 heavy (non-hydrogen) atoms. The molecule has 3 aromatic rings. The molecule has 1 N–H and O–H groups in total. The van der Waals surface area contributed by atoms with E-state index in [4.69, 9.17) is 0 Å². The molecule has 0 saturated carbocycles. The monoisotopic (exact) mass is 474 g/mol. The number of rotatable bonds is 8. The normalized spacial score (nSPS) is 13.0. The van der Waals surface area contributed by atoms with Gasteiger partial charge in [0.15, 0.2) is 0 Å². The van der Waals surface area contributed by atoms with Gasteiger partial charge in [-0.25, -0.2) is 0 Å². The van der Waals surface area contributed by atoms with E-state index in [2.05, 4.69) is 53.7 Å². The molecule has 180 valence electrons. The van der Waals surface area contributed by atoms with E-state index in [-0.39, 0.29) is 17.0 Å². The number of thioether (sulfide) groups is 1. The second-order valence-electron chi connectivity index (χ2n) is 10.1. The lowest BCUT2D eigenvalue weighted by Crippen LogP contribution is -2.37. The number of hydrogen-bond donors (Lipinski definition) is 1. The van der Waals surface area contributed by atoms with Crippen LogP contribution in [0.4, 0.5) is 0 Å². The van der Waals surface area contributed by atoms with E-state index in [9.17, 15) is 9.90 Å². The third-order valence-corrected chi connectivity index (χ3v) is 7.75. The second kappa shape index (κ2) is 10.9. The number of carbonyl (C=O) groups excluding carboxylic acids is 1. The van der Waals surface area contributed by atoms with Gasteiger partial charge in [0.05, 0.1) is 0 Å². The van der Waals surface area contributed by atoms with Crippen molar-refractivity contribution in [2.75, 3.05) is 0 Å². The van der Waals surface area contributed by atoms with Gasteiger partial charge < -0.3 is 5.11 Å². The summed E-state index contributed by atoms with van der Waals surface area (Å²) in [5.41, 5.74) is 4.57. The first-order valence-corrected chi connectivity index (χ1v) is 13.2. The molecule has 0 amide bonds. The summed E-state index contributed by atoms with van der Waals surface area (Å²) in [6.45, 7) is 15.0. The number of carbonyl (C=O) groups is 1. The highest BCUT2D eigenvalue weighted by molar-refractivity contribution is 8.14. The molecule has 0 bridgehead atoms. The van der Waals surface area contributed by atoms with Gasteiger partial charge >= 0.3 is 0 Å². The van der Waals surface area contributed by atoms with Crippen molar-refractivity contribution < 1.29 is 9.90 Å². The molecular formula is C31H38O2S. The minimum Gasteiger partial charge on any atom is -0.379 e. The third-order valence-electron chi connectivity index (χ3n) is 6.64. The minimum atomic E-state index is -1.29. The summed E-state index contributed by atoms with van der Waals surface area (Å²) in [4.78, 5) is 13.9. The fraction of sp³-hybridized carbons (Fsp3) is 0.387. The highest BCUT2D eigenvalue weighted by Gasteiger charge is 2.40. The van der Waals surface area contributed by atoms with Crippen molar-refractivity contribution in [1.29, 1.82) is 0 Å². The lowest BCUT2D eigenvalue weighted by Gasteiger charge is -2.35. The van der Waals surface area contributed by atoms with Gasteiger partial charge in [0.2, 0.25) is 5.12 Å². The molecule has 0 aliphatic rings. The van der Waals surface area contributed by atoms with Crippen LogP contribution in [0.2, 0.25) is 0 Å². The van der Waals surface area contributed by atoms with Gasteiger partial charge in [-0.15, -0.1) is 0 Å². The summed E-state index contributed by atoms with van der Waals surface area (Å²) in [7, 11) is 0. The van der Waals surface area contributed by atoms with Gasteiger partial charge in [-0.3, -0.25) is 4.79 Å². The van der Waals surface area contributed by atoms with Crippen LogP contribution in [0.15, 0.2) is 72.8 Å². The van der Waals surface area contributed by atoms with Crippen LogP contribution in [0.1, 0.15) is 104 Å². The van der Waals surface area contributed by atoms with Crippen molar-refractivity contribution >= 4 is 16.9 Å². The summed E-state index contributed by atoms with van der Waals surface area (Å²) in [5, 5.41) is 11.8. The molecule has 0 fully saturated rings. The average molecular weight is 475 g/mol. The lowest BCUT2D eigenvalue weighted by atomic mass is 9.84. The van der Waals surface area contributed by atoms with Gasteiger partial charge in [-0.05, 0) is 52.5 Å². The van der Waals surface area contributed by atoms with Gasteiger partial charge in [-0.2, -0.15) is 0 Å². The van der Waals surface area contributed by atoms with Crippen molar-refractivity contribution in [3.63, 3.8) is 0 Å². The Bertz CT molecular complexity index is 1030. The minimum absolute atomic E-state index is 0.0282. The SMILES string of the molecule is CC(C)c1cc(C(C)C)c(C(=O)SC(C)C(O)(c2ccccc2)c2ccccc2)c(C(C)C)c1. The standard InChI is InChI=1S/C31H38O2S/c1-20(2)24-18-27(21(3)4)29(28(19-24)22(5)6)30(32)34-23(7)31(33,25-14-10-8-11-15-25)26-16-12-9-13-17-26/h8-23,33H,1-7H3. The van der Waals surface area contributed by atoms with Gasteiger partial charge in [-0.1, -0.05) is 126 Å². The molecular weight excluding hydrogens is 436 g/mol. The van der Waals surface area contributed by atoms with E-state index in [0.29, 0.717) is 5.92 Å². The van der Waals surface area contributed by atoms with E-state index < -0.39 is 10.9 Å². The third kappa shape index (κ3) is 5.31. The van der Waals surface area contributed by atoms with Gasteiger partial charge in [0.25, 0.3) is 0 Å². The van der Waals surface area contributed by atoms with E-state index in [1.165, 1.54) is 17.3 Å². The Balaban J connectivity index is 2.09. The van der Waals surface area contributed by atoms with Crippen molar-refractivity contribution in [3.05, 3.63) is 106 Å². The topological polar surface area (TPSA) is 37.3 Å². The van der Waals surface area contributed by atoms with Gasteiger partial charge in [0.1, 0.15) is 5.60 Å². The maximum absolute atomic E-state index is 13.9. The molecule has 0 heterocycles. The molecule has 3 rings (SSSR count). The zero-order chi connectivity index (χ0) is 25.0. The molecule has 0 radical (unpaired) electrons. The van der Waals surface area contributed by atoms with Crippen LogP contribution in [0.5, 0.6) is 0 Å². The average Bonchev–Trinajstić information content (AvgIpc) is 2.83. The Hall–Kier alpha value is -2.36. The first kappa shape index (κ1) is 26.2. The van der Waals surface area contributed by atoms with Gasteiger partial charge in [0, 0.05) is 10.8 Å². The maximum Gasteiger partial charge on any atom is 0.220 e. The molecule has 0 aliphatic heterocycles. The Labute approximate surface area is 209 Å². The maximum atomic E-state index is 13.9. The van der Waals surface area contributed by atoms with E-state index in [1.54, 1.807) is 0 Å². The highest BCUT2D eigenvalue weighted by Crippen LogP contribution is 2.42. The first-order valence-electron chi connectivity index (χ1n) is 12.3. The van der Waals surface area contributed by atoms with E-state index >= 15 is 0 Å². The predicted molar refractivity (Wildman–Crippen MR) is 146 cm³/mol. The Morgan fingerprint density at radius 1 is 0.706 bits per heavy atom. The summed E-state index contributed by atoms with van der Waals surface area (Å²) < 4.78 is 0. The molecule has 0 spiro atoms. The van der Waals surface area contributed by atoms with Crippen LogP contribution in [0.25, 0.3) is 0 Å². The lowest BCUT2D eigenvalue weighted by molar-refractivity contribution is 0.0816. The first-order chi connectivity index (χ1) is 16.1. The van der Waals surface area contributed by atoms with Crippen molar-refractivity contribution in [2.24, 2.45) is 0 Å². The second-order valence-corrected chi connectivity index (χ2v) is 11.4. The number of hydrogen-bond acceptors (Lipinski definition) is 3. The summed E-state index contributed by atoms with van der Waals surface area (Å²) in [6.07, 6.45) is 0. The van der Waals surface area contributed by atoms with E-state index in [1.807, 2.05) is 67.6 Å². The zero-order valence-corrected chi connectivity index (χ0v) is 22.3. The fourth-order valence-corrected chi connectivity index (χ4v) is 5.63.